The molecule has 1 unspecified atom stereocenters. The van der Waals surface area contributed by atoms with E-state index in [2.05, 4.69) is 0 Å². The van der Waals surface area contributed by atoms with Gasteiger partial charge >= 0.3 is 11.9 Å². The molecule has 0 fully saturated rings. The molecule has 0 aliphatic heterocycles. The molecule has 0 aromatic rings. The molecule has 0 aromatic heterocycles. The number of carbonyl (C=O) groups is 2. The third-order valence-electron chi connectivity index (χ3n) is 3.05. The number of esters is 2. The first-order chi connectivity index (χ1) is 8.98. The van der Waals surface area contributed by atoms with Gasteiger partial charge in [0, 0.05) is 13.5 Å². The summed E-state index contributed by atoms with van der Waals surface area (Å²) in [7, 11) is 1.55. The lowest BCUT2D eigenvalue weighted by Crippen LogP contribution is -2.44. The van der Waals surface area contributed by atoms with Crippen LogP contribution in [0, 0.1) is 5.41 Å². The molecule has 0 saturated carbocycles. The fraction of sp³-hybridized carbons (Fsp3) is 0.857. The molecule has 0 heterocycles. The standard InChI is InChI=1S/C14H26O5/c1-6-9-14(10-11(4)17-5,12(15)18-7-2)13(16)19-8-3/h11H,6-10H2,1-5H3. The third kappa shape index (κ3) is 4.82. The Kier molecular flexibility index (Phi) is 8.39. The molecule has 0 spiro atoms. The van der Waals surface area contributed by atoms with Gasteiger partial charge in [-0.15, -0.1) is 0 Å². The highest BCUT2D eigenvalue weighted by Gasteiger charge is 2.48. The van der Waals surface area contributed by atoms with Gasteiger partial charge in [-0.1, -0.05) is 13.3 Å². The Morgan fingerprint density at radius 1 is 1.05 bits per heavy atom. The van der Waals surface area contributed by atoms with Gasteiger partial charge in [0.1, 0.15) is 0 Å². The summed E-state index contributed by atoms with van der Waals surface area (Å²) in [5.74, 6) is -1.03. The Balaban J connectivity index is 5.31. The van der Waals surface area contributed by atoms with Crippen LogP contribution in [0.25, 0.3) is 0 Å². The molecule has 0 aliphatic rings. The number of rotatable bonds is 9. The van der Waals surface area contributed by atoms with E-state index in [-0.39, 0.29) is 25.7 Å². The summed E-state index contributed by atoms with van der Waals surface area (Å²) < 4.78 is 15.3. The Labute approximate surface area is 115 Å². The van der Waals surface area contributed by atoms with Crippen LogP contribution in [0.5, 0.6) is 0 Å². The molecule has 19 heavy (non-hydrogen) atoms. The van der Waals surface area contributed by atoms with Crippen molar-refractivity contribution in [1.82, 2.24) is 0 Å². The van der Waals surface area contributed by atoms with Gasteiger partial charge < -0.3 is 14.2 Å². The van der Waals surface area contributed by atoms with Crippen molar-refractivity contribution in [3.63, 3.8) is 0 Å². The van der Waals surface area contributed by atoms with Crippen LogP contribution in [0.4, 0.5) is 0 Å². The average Bonchev–Trinajstić information content (AvgIpc) is 2.38. The summed E-state index contributed by atoms with van der Waals surface area (Å²) >= 11 is 0. The van der Waals surface area contributed by atoms with E-state index in [1.54, 1.807) is 21.0 Å². The van der Waals surface area contributed by atoms with Crippen LogP contribution in [0.15, 0.2) is 0 Å². The molecule has 112 valence electrons. The van der Waals surface area contributed by atoms with Crippen molar-refractivity contribution >= 4 is 11.9 Å². The molecule has 0 radical (unpaired) electrons. The predicted octanol–water partition coefficient (Wildman–Crippen LogP) is 2.32. The van der Waals surface area contributed by atoms with Crippen molar-refractivity contribution < 1.29 is 23.8 Å². The molecule has 0 aromatic carbocycles. The van der Waals surface area contributed by atoms with Crippen molar-refractivity contribution in [2.24, 2.45) is 5.41 Å². The fourth-order valence-corrected chi connectivity index (χ4v) is 2.10. The minimum absolute atomic E-state index is 0.222. The van der Waals surface area contributed by atoms with Crippen molar-refractivity contribution in [2.75, 3.05) is 20.3 Å². The largest absolute Gasteiger partial charge is 0.465 e. The normalized spacial score (nSPS) is 12.9. The van der Waals surface area contributed by atoms with E-state index < -0.39 is 17.4 Å². The molecule has 0 bridgehead atoms. The van der Waals surface area contributed by atoms with Crippen molar-refractivity contribution in [2.45, 2.75) is 53.1 Å². The van der Waals surface area contributed by atoms with Crippen LogP contribution >= 0.6 is 0 Å². The summed E-state index contributed by atoms with van der Waals surface area (Å²) in [4.78, 5) is 24.5. The zero-order valence-corrected chi connectivity index (χ0v) is 12.7. The van der Waals surface area contributed by atoms with Crippen molar-refractivity contribution in [3.05, 3.63) is 0 Å². The van der Waals surface area contributed by atoms with Gasteiger partial charge in [0.05, 0.1) is 19.3 Å². The minimum Gasteiger partial charge on any atom is -0.465 e. The third-order valence-corrected chi connectivity index (χ3v) is 3.05. The number of hydrogen-bond acceptors (Lipinski definition) is 5. The highest BCUT2D eigenvalue weighted by atomic mass is 16.6. The van der Waals surface area contributed by atoms with Crippen LogP contribution in [0.2, 0.25) is 0 Å². The molecule has 0 aliphatic carbocycles. The van der Waals surface area contributed by atoms with E-state index >= 15 is 0 Å². The Bertz CT molecular complexity index is 270. The molecule has 0 rings (SSSR count). The zero-order valence-electron chi connectivity index (χ0n) is 12.7. The van der Waals surface area contributed by atoms with Crippen LogP contribution in [-0.4, -0.2) is 38.4 Å². The van der Waals surface area contributed by atoms with Gasteiger partial charge in [0.15, 0.2) is 5.41 Å². The van der Waals surface area contributed by atoms with E-state index in [0.29, 0.717) is 12.8 Å². The summed E-state index contributed by atoms with van der Waals surface area (Å²) in [6.07, 6.45) is 1.14. The molecule has 0 amide bonds. The monoisotopic (exact) mass is 274 g/mol. The first kappa shape index (κ1) is 17.9. The van der Waals surface area contributed by atoms with Crippen molar-refractivity contribution in [3.8, 4) is 0 Å². The first-order valence-corrected chi connectivity index (χ1v) is 6.85. The Hall–Kier alpha value is -1.10. The van der Waals surface area contributed by atoms with Crippen molar-refractivity contribution in [1.29, 1.82) is 0 Å². The fourth-order valence-electron chi connectivity index (χ4n) is 2.10. The molecule has 5 heteroatoms. The Morgan fingerprint density at radius 3 is 1.84 bits per heavy atom. The van der Waals surface area contributed by atoms with E-state index in [1.165, 1.54) is 0 Å². The predicted molar refractivity (Wildman–Crippen MR) is 71.7 cm³/mol. The van der Waals surface area contributed by atoms with Gasteiger partial charge in [-0.05, 0) is 27.2 Å². The highest BCUT2D eigenvalue weighted by molar-refractivity contribution is 6.00. The summed E-state index contributed by atoms with van der Waals surface area (Å²) in [5.41, 5.74) is -1.25. The van der Waals surface area contributed by atoms with E-state index in [0.717, 1.165) is 0 Å². The SMILES string of the molecule is CCCC(CC(C)OC)(C(=O)OCC)C(=O)OCC. The van der Waals surface area contributed by atoms with Gasteiger partial charge in [-0.25, -0.2) is 0 Å². The first-order valence-electron chi connectivity index (χ1n) is 6.85. The van der Waals surface area contributed by atoms with Crippen LogP contribution < -0.4 is 0 Å². The number of hydrogen-bond donors (Lipinski definition) is 0. The van der Waals surface area contributed by atoms with Gasteiger partial charge in [-0.3, -0.25) is 9.59 Å². The molecular formula is C14H26O5. The quantitative estimate of drug-likeness (QED) is 0.477. The lowest BCUT2D eigenvalue weighted by atomic mass is 9.78. The van der Waals surface area contributed by atoms with E-state index in [4.69, 9.17) is 14.2 Å². The van der Waals surface area contributed by atoms with Crippen LogP contribution in [0.1, 0.15) is 47.0 Å². The lowest BCUT2D eigenvalue weighted by Gasteiger charge is -2.30. The average molecular weight is 274 g/mol. The van der Waals surface area contributed by atoms with E-state index in [9.17, 15) is 9.59 Å². The maximum Gasteiger partial charge on any atom is 0.323 e. The smallest absolute Gasteiger partial charge is 0.323 e. The van der Waals surface area contributed by atoms with E-state index in [1.807, 2.05) is 13.8 Å². The Morgan fingerprint density at radius 2 is 1.53 bits per heavy atom. The summed E-state index contributed by atoms with van der Waals surface area (Å²) in [5, 5.41) is 0. The maximum absolute atomic E-state index is 12.2. The number of carbonyl (C=O) groups excluding carboxylic acids is 2. The molecule has 5 nitrogen and oxygen atoms in total. The molecule has 1 atom stereocenters. The van der Waals surface area contributed by atoms with Crippen LogP contribution in [-0.2, 0) is 23.8 Å². The lowest BCUT2D eigenvalue weighted by molar-refractivity contribution is -0.175. The zero-order chi connectivity index (χ0) is 14.9. The van der Waals surface area contributed by atoms with Gasteiger partial charge in [-0.2, -0.15) is 0 Å². The molecule has 0 saturated heterocycles. The van der Waals surface area contributed by atoms with Gasteiger partial charge in [0.2, 0.25) is 0 Å². The highest BCUT2D eigenvalue weighted by Crippen LogP contribution is 2.34. The van der Waals surface area contributed by atoms with Gasteiger partial charge in [0.25, 0.3) is 0 Å². The second-order valence-electron chi connectivity index (χ2n) is 4.52. The van der Waals surface area contributed by atoms with Crippen LogP contribution in [0.3, 0.4) is 0 Å². The number of methoxy groups -OCH3 is 1. The maximum atomic E-state index is 12.2. The topological polar surface area (TPSA) is 61.8 Å². The molecule has 0 N–H and O–H groups in total. The second-order valence-corrected chi connectivity index (χ2v) is 4.52. The second kappa shape index (κ2) is 8.91. The summed E-state index contributed by atoms with van der Waals surface area (Å²) in [6, 6.07) is 0. The number of ether oxygens (including phenoxy) is 3. The molecular weight excluding hydrogens is 248 g/mol. The minimum atomic E-state index is -1.25. The summed E-state index contributed by atoms with van der Waals surface area (Å²) in [6.45, 7) is 7.67.